The smallest absolute Gasteiger partial charge is 0.250 e. The lowest BCUT2D eigenvalue weighted by Gasteiger charge is -2.13. The second kappa shape index (κ2) is 7.16. The van der Waals surface area contributed by atoms with Crippen LogP contribution in [0.3, 0.4) is 0 Å². The lowest BCUT2D eigenvalue weighted by Crippen LogP contribution is -2.27. The molecule has 6 nitrogen and oxygen atoms in total. The van der Waals surface area contributed by atoms with Gasteiger partial charge in [0.1, 0.15) is 12.4 Å². The van der Waals surface area contributed by atoms with Crippen molar-refractivity contribution in [1.29, 1.82) is 0 Å². The first-order valence-corrected chi connectivity index (χ1v) is 8.64. The van der Waals surface area contributed by atoms with E-state index in [-0.39, 0.29) is 23.6 Å². The van der Waals surface area contributed by atoms with Gasteiger partial charge in [-0.15, -0.1) is 0 Å². The fraction of sp³-hybridized carbons (Fsp3) is 0.267. The minimum Gasteiger partial charge on any atom is -0.490 e. The van der Waals surface area contributed by atoms with Crippen LogP contribution in [0, 0.1) is 0 Å². The summed E-state index contributed by atoms with van der Waals surface area (Å²) in [6, 6.07) is 9.52. The van der Waals surface area contributed by atoms with E-state index < -0.39 is 10.0 Å². The first kappa shape index (κ1) is 17.5. The van der Waals surface area contributed by atoms with E-state index in [1.165, 1.54) is 37.0 Å². The maximum Gasteiger partial charge on any atom is 0.250 e. The zero-order valence-electron chi connectivity index (χ0n) is 12.8. The second-order valence-electron chi connectivity index (χ2n) is 4.96. The molecule has 0 aliphatic carbocycles. The maximum absolute atomic E-state index is 12.1. The van der Waals surface area contributed by atoms with Crippen LogP contribution in [-0.4, -0.2) is 38.0 Å². The topological polar surface area (TPSA) is 68.6 Å². The van der Waals surface area contributed by atoms with Crippen LogP contribution in [0.4, 0.5) is 0 Å². The Labute approximate surface area is 139 Å². The van der Waals surface area contributed by atoms with Gasteiger partial charge in [-0.25, -0.2) is 12.7 Å². The first-order chi connectivity index (χ1) is 10.8. The Kier molecular flexibility index (Phi) is 5.46. The predicted octanol–water partition coefficient (Wildman–Crippen LogP) is 1.83. The number of rotatable bonds is 6. The molecular formula is C15H17ClN2O4S. The van der Waals surface area contributed by atoms with Crippen LogP contribution in [-0.2, 0) is 16.6 Å². The summed E-state index contributed by atoms with van der Waals surface area (Å²) in [5.74, 6) is 0.513. The number of benzene rings is 1. The lowest BCUT2D eigenvalue weighted by molar-refractivity contribution is 0.296. The monoisotopic (exact) mass is 356 g/mol. The standard InChI is InChI=1S/C15H17ClN2O4S/c1-17(2)23(20,21)12-7-8-15(19)18(11-12)9-10-22-14-6-4-3-5-13(14)16/h3-8,11H,9-10H2,1-2H3. The molecule has 0 bridgehead atoms. The van der Waals surface area contributed by atoms with E-state index in [2.05, 4.69) is 0 Å². The minimum atomic E-state index is -3.59. The van der Waals surface area contributed by atoms with Crippen molar-refractivity contribution >= 4 is 21.6 Å². The summed E-state index contributed by atoms with van der Waals surface area (Å²) in [5.41, 5.74) is -0.300. The second-order valence-corrected chi connectivity index (χ2v) is 7.52. The molecule has 1 heterocycles. The highest BCUT2D eigenvalue weighted by Crippen LogP contribution is 2.22. The molecule has 0 saturated carbocycles. The van der Waals surface area contributed by atoms with E-state index in [0.29, 0.717) is 10.8 Å². The van der Waals surface area contributed by atoms with Crippen LogP contribution in [0.25, 0.3) is 0 Å². The summed E-state index contributed by atoms with van der Waals surface area (Å²) in [5, 5.41) is 0.476. The highest BCUT2D eigenvalue weighted by Gasteiger charge is 2.18. The Bertz CT molecular complexity index is 847. The summed E-state index contributed by atoms with van der Waals surface area (Å²) < 4.78 is 32.1. The molecule has 124 valence electrons. The highest BCUT2D eigenvalue weighted by molar-refractivity contribution is 7.89. The van der Waals surface area contributed by atoms with E-state index in [1.54, 1.807) is 24.3 Å². The van der Waals surface area contributed by atoms with Gasteiger partial charge >= 0.3 is 0 Å². The molecule has 0 amide bonds. The fourth-order valence-corrected chi connectivity index (χ4v) is 2.98. The van der Waals surface area contributed by atoms with E-state index in [0.717, 1.165) is 4.31 Å². The molecule has 1 aromatic heterocycles. The number of aromatic nitrogens is 1. The molecule has 0 saturated heterocycles. The van der Waals surface area contributed by atoms with Crippen molar-refractivity contribution in [3.05, 3.63) is 58.0 Å². The Morgan fingerprint density at radius 3 is 2.52 bits per heavy atom. The van der Waals surface area contributed by atoms with Gasteiger partial charge in [0, 0.05) is 26.4 Å². The molecule has 0 radical (unpaired) electrons. The Balaban J connectivity index is 2.15. The minimum absolute atomic E-state index is 0.0554. The van der Waals surface area contributed by atoms with Gasteiger partial charge in [-0.05, 0) is 18.2 Å². The van der Waals surface area contributed by atoms with Gasteiger partial charge in [0.15, 0.2) is 0 Å². The van der Waals surface area contributed by atoms with Gasteiger partial charge < -0.3 is 9.30 Å². The molecule has 0 N–H and O–H groups in total. The van der Waals surface area contributed by atoms with Crippen LogP contribution in [0.15, 0.2) is 52.3 Å². The van der Waals surface area contributed by atoms with E-state index in [4.69, 9.17) is 16.3 Å². The average molecular weight is 357 g/mol. The molecule has 2 aromatic rings. The maximum atomic E-state index is 12.1. The van der Waals surface area contributed by atoms with Crippen molar-refractivity contribution in [2.45, 2.75) is 11.4 Å². The van der Waals surface area contributed by atoms with Crippen LogP contribution >= 0.6 is 11.6 Å². The van der Waals surface area contributed by atoms with Gasteiger partial charge in [-0.2, -0.15) is 0 Å². The van der Waals surface area contributed by atoms with E-state index in [9.17, 15) is 13.2 Å². The van der Waals surface area contributed by atoms with E-state index >= 15 is 0 Å². The molecule has 8 heteroatoms. The van der Waals surface area contributed by atoms with Gasteiger partial charge in [-0.3, -0.25) is 4.79 Å². The Morgan fingerprint density at radius 2 is 1.87 bits per heavy atom. The highest BCUT2D eigenvalue weighted by atomic mass is 35.5. The number of hydrogen-bond acceptors (Lipinski definition) is 4. The van der Waals surface area contributed by atoms with E-state index in [1.807, 2.05) is 0 Å². The zero-order valence-corrected chi connectivity index (χ0v) is 14.3. The molecule has 0 aliphatic rings. The zero-order chi connectivity index (χ0) is 17.0. The normalized spacial score (nSPS) is 11.7. The van der Waals surface area contributed by atoms with Crippen LogP contribution in [0.5, 0.6) is 5.75 Å². The summed E-state index contributed by atoms with van der Waals surface area (Å²) in [6.07, 6.45) is 1.31. The van der Waals surface area contributed by atoms with Crippen LogP contribution < -0.4 is 10.3 Å². The predicted molar refractivity (Wildman–Crippen MR) is 88.5 cm³/mol. The largest absolute Gasteiger partial charge is 0.490 e. The molecule has 0 aliphatic heterocycles. The fourth-order valence-electron chi connectivity index (χ4n) is 1.86. The van der Waals surface area contributed by atoms with Crippen molar-refractivity contribution < 1.29 is 13.2 Å². The SMILES string of the molecule is CN(C)S(=O)(=O)c1ccc(=O)n(CCOc2ccccc2Cl)c1. The number of hydrogen-bond donors (Lipinski definition) is 0. The number of nitrogens with zero attached hydrogens (tertiary/aromatic N) is 2. The molecular weight excluding hydrogens is 340 g/mol. The Hall–Kier alpha value is -1.83. The van der Waals surface area contributed by atoms with Crippen LogP contribution in [0.2, 0.25) is 5.02 Å². The molecule has 2 rings (SSSR count). The summed E-state index contributed by atoms with van der Waals surface area (Å²) >= 11 is 5.98. The number of para-hydroxylation sites is 1. The third-order valence-corrected chi connectivity index (χ3v) is 5.27. The lowest BCUT2D eigenvalue weighted by atomic mass is 10.3. The Morgan fingerprint density at radius 1 is 1.17 bits per heavy atom. The van der Waals surface area contributed by atoms with Gasteiger partial charge in [0.05, 0.1) is 16.5 Å². The molecule has 0 fully saturated rings. The average Bonchev–Trinajstić information content (AvgIpc) is 2.50. The molecule has 0 unspecified atom stereocenters. The van der Waals surface area contributed by atoms with Crippen molar-refractivity contribution in [3.8, 4) is 5.75 Å². The summed E-state index contributed by atoms with van der Waals surface area (Å²) in [6.45, 7) is 0.399. The summed E-state index contributed by atoms with van der Waals surface area (Å²) in [4.78, 5) is 11.9. The number of ether oxygens (including phenoxy) is 1. The first-order valence-electron chi connectivity index (χ1n) is 6.83. The molecule has 0 spiro atoms. The van der Waals surface area contributed by atoms with Crippen molar-refractivity contribution in [3.63, 3.8) is 0 Å². The third kappa shape index (κ3) is 4.13. The molecule has 0 atom stereocenters. The van der Waals surface area contributed by atoms with Crippen molar-refractivity contribution in [1.82, 2.24) is 8.87 Å². The van der Waals surface area contributed by atoms with Crippen molar-refractivity contribution in [2.75, 3.05) is 20.7 Å². The van der Waals surface area contributed by atoms with Crippen LogP contribution in [0.1, 0.15) is 0 Å². The number of halogens is 1. The number of pyridine rings is 1. The van der Waals surface area contributed by atoms with Gasteiger partial charge in [-0.1, -0.05) is 23.7 Å². The summed E-state index contributed by atoms with van der Waals surface area (Å²) in [7, 11) is -0.717. The quantitative estimate of drug-likeness (QED) is 0.791. The molecule has 23 heavy (non-hydrogen) atoms. The third-order valence-electron chi connectivity index (χ3n) is 3.16. The number of sulfonamides is 1. The van der Waals surface area contributed by atoms with Crippen molar-refractivity contribution in [2.24, 2.45) is 0 Å². The van der Waals surface area contributed by atoms with Gasteiger partial charge in [0.25, 0.3) is 5.56 Å². The molecule has 1 aromatic carbocycles. The van der Waals surface area contributed by atoms with Gasteiger partial charge in [0.2, 0.25) is 10.0 Å².